The van der Waals surface area contributed by atoms with Gasteiger partial charge < -0.3 is 0 Å². The van der Waals surface area contributed by atoms with Crippen LogP contribution in [0.4, 0.5) is 5.82 Å². The summed E-state index contributed by atoms with van der Waals surface area (Å²) in [5, 5.41) is 3.15. The molecule has 0 fully saturated rings. The lowest BCUT2D eigenvalue weighted by molar-refractivity contribution is 0.183. The summed E-state index contributed by atoms with van der Waals surface area (Å²) in [6, 6.07) is 5.48. The molecule has 0 saturated carbocycles. The van der Waals surface area contributed by atoms with Crippen LogP contribution in [0.3, 0.4) is 0 Å². The molecule has 0 atom stereocenters. The number of rotatable bonds is 2. The number of hydrogen-bond donors (Lipinski definition) is 0. The van der Waals surface area contributed by atoms with Crippen molar-refractivity contribution in [3.05, 3.63) is 29.5 Å². The second-order valence-corrected chi connectivity index (χ2v) is 3.48. The van der Waals surface area contributed by atoms with Crippen molar-refractivity contribution in [3.8, 4) is 0 Å². The molecule has 1 heterocycles. The molecular formula is C10H10ClN3O. The van der Waals surface area contributed by atoms with Gasteiger partial charge in [-0.2, -0.15) is 0 Å². The first kappa shape index (κ1) is 10.1. The summed E-state index contributed by atoms with van der Waals surface area (Å²) in [6.45, 7) is 0. The molecule has 1 aromatic heterocycles. The minimum atomic E-state index is 0.659. The lowest BCUT2D eigenvalue weighted by atomic mass is 10.2. The Balaban J connectivity index is 2.66. The average Bonchev–Trinajstić information content (AvgIpc) is 2.26. The van der Waals surface area contributed by atoms with E-state index in [1.54, 1.807) is 31.4 Å². The molecule has 0 aliphatic heterocycles. The van der Waals surface area contributed by atoms with Crippen LogP contribution in [-0.4, -0.2) is 24.1 Å². The van der Waals surface area contributed by atoms with Crippen LogP contribution in [0, 0.1) is 0 Å². The number of aromatic nitrogens is 2. The van der Waals surface area contributed by atoms with E-state index in [2.05, 4.69) is 9.97 Å². The summed E-state index contributed by atoms with van der Waals surface area (Å²) in [5.41, 5.74) is 0.802. The van der Waals surface area contributed by atoms with Crippen molar-refractivity contribution in [1.82, 2.24) is 9.97 Å². The SMILES string of the molecule is CON(C)c1ncnc2cc(Cl)ccc12. The molecule has 0 amide bonds. The van der Waals surface area contributed by atoms with E-state index in [-0.39, 0.29) is 0 Å². The standard InChI is InChI=1S/C10H10ClN3O/c1-14(15-2)10-8-4-3-7(11)5-9(8)12-6-13-10/h3-6H,1-2H3. The molecule has 2 aromatic rings. The van der Waals surface area contributed by atoms with Gasteiger partial charge in [-0.15, -0.1) is 0 Å². The van der Waals surface area contributed by atoms with Gasteiger partial charge in [-0.25, -0.2) is 15.0 Å². The third kappa shape index (κ3) is 1.86. The zero-order valence-electron chi connectivity index (χ0n) is 8.44. The lowest BCUT2D eigenvalue weighted by Gasteiger charge is -2.15. The molecular weight excluding hydrogens is 214 g/mol. The van der Waals surface area contributed by atoms with E-state index in [4.69, 9.17) is 16.4 Å². The van der Waals surface area contributed by atoms with Crippen molar-refractivity contribution in [2.45, 2.75) is 0 Å². The molecule has 0 unspecified atom stereocenters. The van der Waals surface area contributed by atoms with E-state index in [1.165, 1.54) is 6.33 Å². The summed E-state index contributed by atoms with van der Waals surface area (Å²) in [5.74, 6) is 0.721. The van der Waals surface area contributed by atoms with Gasteiger partial charge in [0.05, 0.1) is 12.6 Å². The number of hydrogen-bond acceptors (Lipinski definition) is 4. The molecule has 15 heavy (non-hydrogen) atoms. The van der Waals surface area contributed by atoms with Crippen LogP contribution in [0.15, 0.2) is 24.5 Å². The van der Waals surface area contributed by atoms with E-state index >= 15 is 0 Å². The van der Waals surface area contributed by atoms with E-state index in [0.717, 1.165) is 16.7 Å². The largest absolute Gasteiger partial charge is 0.276 e. The van der Waals surface area contributed by atoms with Crippen LogP contribution >= 0.6 is 11.6 Å². The molecule has 0 aliphatic carbocycles. The van der Waals surface area contributed by atoms with Gasteiger partial charge in [0, 0.05) is 17.5 Å². The first-order valence-electron chi connectivity index (χ1n) is 4.40. The summed E-state index contributed by atoms with van der Waals surface area (Å²) in [6.07, 6.45) is 1.49. The van der Waals surface area contributed by atoms with Gasteiger partial charge in [-0.3, -0.25) is 4.84 Å². The molecule has 5 heteroatoms. The van der Waals surface area contributed by atoms with E-state index in [0.29, 0.717) is 5.02 Å². The number of hydroxylamine groups is 1. The highest BCUT2D eigenvalue weighted by atomic mass is 35.5. The summed E-state index contributed by atoms with van der Waals surface area (Å²) >= 11 is 5.88. The topological polar surface area (TPSA) is 38.2 Å². The molecule has 0 spiro atoms. The molecule has 2 rings (SSSR count). The van der Waals surface area contributed by atoms with E-state index < -0.39 is 0 Å². The third-order valence-corrected chi connectivity index (χ3v) is 2.38. The number of anilines is 1. The first-order chi connectivity index (χ1) is 7.22. The van der Waals surface area contributed by atoms with Gasteiger partial charge in [0.1, 0.15) is 6.33 Å². The van der Waals surface area contributed by atoms with Crippen LogP contribution in [-0.2, 0) is 4.84 Å². The van der Waals surface area contributed by atoms with Crippen molar-refractivity contribution >= 4 is 28.3 Å². The Kier molecular flexibility index (Phi) is 2.70. The normalized spacial score (nSPS) is 10.6. The fourth-order valence-corrected chi connectivity index (χ4v) is 1.52. The average molecular weight is 224 g/mol. The molecule has 1 aromatic carbocycles. The molecule has 0 radical (unpaired) electrons. The zero-order chi connectivity index (χ0) is 10.8. The summed E-state index contributed by atoms with van der Waals surface area (Å²) in [4.78, 5) is 13.4. The van der Waals surface area contributed by atoms with Crippen molar-refractivity contribution < 1.29 is 4.84 Å². The predicted octanol–water partition coefficient (Wildman–Crippen LogP) is 2.28. The first-order valence-corrected chi connectivity index (χ1v) is 4.78. The predicted molar refractivity (Wildman–Crippen MR) is 60.0 cm³/mol. The van der Waals surface area contributed by atoms with Crippen LogP contribution in [0.25, 0.3) is 10.9 Å². The smallest absolute Gasteiger partial charge is 0.163 e. The van der Waals surface area contributed by atoms with Crippen molar-refractivity contribution in [2.24, 2.45) is 0 Å². The number of fused-ring (bicyclic) bond motifs is 1. The highest BCUT2D eigenvalue weighted by molar-refractivity contribution is 6.31. The van der Waals surface area contributed by atoms with Gasteiger partial charge in [0.2, 0.25) is 0 Å². The Bertz CT molecular complexity index is 489. The minimum absolute atomic E-state index is 0.659. The maximum absolute atomic E-state index is 5.88. The maximum atomic E-state index is 5.88. The van der Waals surface area contributed by atoms with Crippen LogP contribution < -0.4 is 5.06 Å². The van der Waals surface area contributed by atoms with E-state index in [1.807, 2.05) is 6.07 Å². The summed E-state index contributed by atoms with van der Waals surface area (Å²) in [7, 11) is 3.38. The quantitative estimate of drug-likeness (QED) is 0.733. The van der Waals surface area contributed by atoms with Gasteiger partial charge >= 0.3 is 0 Å². The Labute approximate surface area is 92.4 Å². The maximum Gasteiger partial charge on any atom is 0.163 e. The van der Waals surface area contributed by atoms with Gasteiger partial charge in [0.25, 0.3) is 0 Å². The minimum Gasteiger partial charge on any atom is -0.276 e. The monoisotopic (exact) mass is 223 g/mol. The Morgan fingerprint density at radius 3 is 2.87 bits per heavy atom. The molecule has 0 bridgehead atoms. The van der Waals surface area contributed by atoms with Crippen molar-refractivity contribution in [3.63, 3.8) is 0 Å². The fourth-order valence-electron chi connectivity index (χ4n) is 1.35. The van der Waals surface area contributed by atoms with E-state index in [9.17, 15) is 0 Å². The second-order valence-electron chi connectivity index (χ2n) is 3.04. The Hall–Kier alpha value is -1.39. The van der Waals surface area contributed by atoms with Crippen LogP contribution in [0.1, 0.15) is 0 Å². The van der Waals surface area contributed by atoms with Gasteiger partial charge in [0.15, 0.2) is 5.82 Å². The van der Waals surface area contributed by atoms with Crippen molar-refractivity contribution in [1.29, 1.82) is 0 Å². The zero-order valence-corrected chi connectivity index (χ0v) is 9.19. The second kappa shape index (κ2) is 4.00. The molecule has 78 valence electrons. The molecule has 0 saturated heterocycles. The fraction of sp³-hybridized carbons (Fsp3) is 0.200. The number of benzene rings is 1. The molecule has 4 nitrogen and oxygen atoms in total. The Morgan fingerprint density at radius 1 is 1.33 bits per heavy atom. The highest BCUT2D eigenvalue weighted by Gasteiger charge is 2.07. The highest BCUT2D eigenvalue weighted by Crippen LogP contribution is 2.24. The summed E-state index contributed by atoms with van der Waals surface area (Å²) < 4.78 is 0. The van der Waals surface area contributed by atoms with Gasteiger partial charge in [-0.05, 0) is 18.2 Å². The lowest BCUT2D eigenvalue weighted by Crippen LogP contribution is -2.16. The molecule has 0 N–H and O–H groups in total. The Morgan fingerprint density at radius 2 is 2.13 bits per heavy atom. The van der Waals surface area contributed by atoms with Gasteiger partial charge in [-0.1, -0.05) is 11.6 Å². The number of nitrogens with zero attached hydrogens (tertiary/aromatic N) is 3. The number of halogens is 1. The molecule has 0 aliphatic rings. The van der Waals surface area contributed by atoms with Crippen LogP contribution in [0.2, 0.25) is 5.02 Å². The van der Waals surface area contributed by atoms with Crippen molar-refractivity contribution in [2.75, 3.05) is 19.2 Å². The third-order valence-electron chi connectivity index (χ3n) is 2.15. The van der Waals surface area contributed by atoms with Crippen LogP contribution in [0.5, 0.6) is 0 Å².